The zero-order chi connectivity index (χ0) is 12.6. The summed E-state index contributed by atoms with van der Waals surface area (Å²) in [6.45, 7) is 8.32. The predicted molar refractivity (Wildman–Crippen MR) is 71.4 cm³/mol. The third-order valence-corrected chi connectivity index (χ3v) is 3.03. The Hall–Kier alpha value is -1.57. The zero-order valence-electron chi connectivity index (χ0n) is 10.9. The fourth-order valence-electron chi connectivity index (χ4n) is 2.19. The molecule has 0 aliphatic carbocycles. The Morgan fingerprint density at radius 1 is 1.18 bits per heavy atom. The van der Waals surface area contributed by atoms with E-state index >= 15 is 0 Å². The Balaban J connectivity index is 2.63. The molecule has 0 unspecified atom stereocenters. The molecule has 2 rings (SSSR count). The molecule has 0 aliphatic heterocycles. The molecular weight excluding hydrogens is 210 g/mol. The van der Waals surface area contributed by atoms with Gasteiger partial charge in [-0.2, -0.15) is 0 Å². The van der Waals surface area contributed by atoms with E-state index in [-0.39, 0.29) is 0 Å². The van der Waals surface area contributed by atoms with Crippen LogP contribution < -0.4 is 0 Å². The molecule has 0 aliphatic rings. The summed E-state index contributed by atoms with van der Waals surface area (Å²) in [7, 11) is 0. The smallest absolute Gasteiger partial charge is 0.144 e. The molecule has 0 saturated heterocycles. The molecule has 17 heavy (non-hydrogen) atoms. The molecule has 0 radical (unpaired) electrons. The highest BCUT2D eigenvalue weighted by Gasteiger charge is 2.09. The maximum absolute atomic E-state index is 10.1. The SMILES string of the molecule is Cc1cc(C)c2ccc(CC(C)C)nc2c1O. The van der Waals surface area contributed by atoms with Gasteiger partial charge >= 0.3 is 0 Å². The molecule has 0 saturated carbocycles. The van der Waals surface area contributed by atoms with E-state index in [0.29, 0.717) is 11.7 Å². The van der Waals surface area contributed by atoms with Crippen LogP contribution in [0.25, 0.3) is 10.9 Å². The average molecular weight is 229 g/mol. The maximum atomic E-state index is 10.1. The molecule has 2 nitrogen and oxygen atoms in total. The summed E-state index contributed by atoms with van der Waals surface area (Å²) in [5.41, 5.74) is 3.84. The molecule has 0 atom stereocenters. The zero-order valence-corrected chi connectivity index (χ0v) is 10.9. The molecule has 0 amide bonds. The van der Waals surface area contributed by atoms with Gasteiger partial charge in [0.15, 0.2) is 0 Å². The summed E-state index contributed by atoms with van der Waals surface area (Å²) < 4.78 is 0. The average Bonchev–Trinajstić information content (AvgIpc) is 2.25. The fraction of sp³-hybridized carbons (Fsp3) is 0.400. The van der Waals surface area contributed by atoms with Gasteiger partial charge in [0.05, 0.1) is 0 Å². The van der Waals surface area contributed by atoms with Gasteiger partial charge in [0.25, 0.3) is 0 Å². The summed E-state index contributed by atoms with van der Waals surface area (Å²) in [5, 5.41) is 11.1. The van der Waals surface area contributed by atoms with Crippen molar-refractivity contribution in [3.05, 3.63) is 35.0 Å². The van der Waals surface area contributed by atoms with Crippen LogP contribution in [0, 0.1) is 19.8 Å². The number of hydrogen-bond donors (Lipinski definition) is 1. The molecule has 1 heterocycles. The number of nitrogens with zero attached hydrogens (tertiary/aromatic N) is 1. The monoisotopic (exact) mass is 229 g/mol. The van der Waals surface area contributed by atoms with Crippen LogP contribution in [0.15, 0.2) is 18.2 Å². The number of rotatable bonds is 2. The number of aromatic hydroxyl groups is 1. The molecule has 2 heteroatoms. The highest BCUT2D eigenvalue weighted by atomic mass is 16.3. The third kappa shape index (κ3) is 2.26. The quantitative estimate of drug-likeness (QED) is 0.850. The molecular formula is C15H19NO. The molecule has 2 aromatic rings. The molecule has 0 bridgehead atoms. The van der Waals surface area contributed by atoms with Gasteiger partial charge < -0.3 is 5.11 Å². The Morgan fingerprint density at radius 2 is 1.88 bits per heavy atom. The van der Waals surface area contributed by atoms with Crippen molar-refractivity contribution in [2.45, 2.75) is 34.1 Å². The van der Waals surface area contributed by atoms with E-state index in [0.717, 1.165) is 28.6 Å². The van der Waals surface area contributed by atoms with Crippen molar-refractivity contribution in [1.82, 2.24) is 4.98 Å². The van der Waals surface area contributed by atoms with E-state index < -0.39 is 0 Å². The van der Waals surface area contributed by atoms with Gasteiger partial charge in [-0.3, -0.25) is 0 Å². The van der Waals surface area contributed by atoms with E-state index in [2.05, 4.69) is 37.9 Å². The van der Waals surface area contributed by atoms with Crippen LogP contribution in [0.2, 0.25) is 0 Å². The van der Waals surface area contributed by atoms with Crippen LogP contribution in [0.4, 0.5) is 0 Å². The summed E-state index contributed by atoms with van der Waals surface area (Å²) in [6.07, 6.45) is 0.947. The highest BCUT2D eigenvalue weighted by Crippen LogP contribution is 2.29. The number of phenols is 1. The Morgan fingerprint density at radius 3 is 2.53 bits per heavy atom. The second-order valence-corrected chi connectivity index (χ2v) is 5.16. The lowest BCUT2D eigenvalue weighted by molar-refractivity contribution is 0.476. The van der Waals surface area contributed by atoms with Gasteiger partial charge in [-0.05, 0) is 43.4 Å². The number of aryl methyl sites for hydroxylation is 2. The van der Waals surface area contributed by atoms with Crippen molar-refractivity contribution < 1.29 is 5.11 Å². The summed E-state index contributed by atoms with van der Waals surface area (Å²) in [4.78, 5) is 4.59. The van der Waals surface area contributed by atoms with Crippen molar-refractivity contribution in [1.29, 1.82) is 0 Å². The minimum Gasteiger partial charge on any atom is -0.505 e. The molecule has 90 valence electrons. The number of phenolic OH excluding ortho intramolecular Hbond substituents is 1. The van der Waals surface area contributed by atoms with Gasteiger partial charge in [-0.1, -0.05) is 26.0 Å². The van der Waals surface area contributed by atoms with E-state index in [1.54, 1.807) is 0 Å². The number of fused-ring (bicyclic) bond motifs is 1. The molecule has 1 aromatic heterocycles. The first-order valence-corrected chi connectivity index (χ1v) is 6.08. The van der Waals surface area contributed by atoms with Crippen molar-refractivity contribution in [3.8, 4) is 5.75 Å². The van der Waals surface area contributed by atoms with Crippen LogP contribution in [-0.2, 0) is 6.42 Å². The van der Waals surface area contributed by atoms with Crippen LogP contribution in [-0.4, -0.2) is 10.1 Å². The maximum Gasteiger partial charge on any atom is 0.144 e. The number of benzene rings is 1. The van der Waals surface area contributed by atoms with Gasteiger partial charge in [0, 0.05) is 11.1 Å². The van der Waals surface area contributed by atoms with E-state index in [4.69, 9.17) is 0 Å². The minimum atomic E-state index is 0.316. The normalized spacial score (nSPS) is 11.4. The Bertz CT molecular complexity index is 558. The van der Waals surface area contributed by atoms with E-state index in [1.165, 1.54) is 5.56 Å². The first kappa shape index (κ1) is 11.9. The predicted octanol–water partition coefficient (Wildman–Crippen LogP) is 3.76. The van der Waals surface area contributed by atoms with Crippen LogP contribution in [0.3, 0.4) is 0 Å². The second kappa shape index (κ2) is 4.36. The van der Waals surface area contributed by atoms with E-state index in [1.807, 2.05) is 13.0 Å². The fourth-order valence-corrected chi connectivity index (χ4v) is 2.19. The Labute approximate surface area is 102 Å². The van der Waals surface area contributed by atoms with Gasteiger partial charge in [-0.15, -0.1) is 0 Å². The Kier molecular flexibility index (Phi) is 3.05. The largest absolute Gasteiger partial charge is 0.505 e. The lowest BCUT2D eigenvalue weighted by Crippen LogP contribution is -1.98. The highest BCUT2D eigenvalue weighted by molar-refractivity contribution is 5.88. The lowest BCUT2D eigenvalue weighted by Gasteiger charge is -2.10. The first-order chi connectivity index (χ1) is 7.99. The second-order valence-electron chi connectivity index (χ2n) is 5.16. The molecule has 0 spiro atoms. The van der Waals surface area contributed by atoms with Crippen molar-refractivity contribution in [3.63, 3.8) is 0 Å². The summed E-state index contributed by atoms with van der Waals surface area (Å²) >= 11 is 0. The van der Waals surface area contributed by atoms with E-state index in [9.17, 15) is 5.11 Å². The molecule has 0 fully saturated rings. The first-order valence-electron chi connectivity index (χ1n) is 6.08. The standard InChI is InChI=1S/C15H19NO/c1-9(2)7-12-5-6-13-10(3)8-11(4)15(17)14(13)16-12/h5-6,8-9,17H,7H2,1-4H3. The number of hydrogen-bond acceptors (Lipinski definition) is 2. The minimum absolute atomic E-state index is 0.316. The summed E-state index contributed by atoms with van der Waals surface area (Å²) in [6, 6.07) is 6.13. The van der Waals surface area contributed by atoms with Crippen molar-refractivity contribution in [2.75, 3.05) is 0 Å². The van der Waals surface area contributed by atoms with Gasteiger partial charge in [0.2, 0.25) is 0 Å². The summed E-state index contributed by atoms with van der Waals surface area (Å²) in [5.74, 6) is 0.893. The van der Waals surface area contributed by atoms with Crippen molar-refractivity contribution >= 4 is 10.9 Å². The third-order valence-electron chi connectivity index (χ3n) is 3.03. The van der Waals surface area contributed by atoms with Crippen LogP contribution in [0.1, 0.15) is 30.7 Å². The number of aromatic nitrogens is 1. The van der Waals surface area contributed by atoms with Crippen LogP contribution >= 0.6 is 0 Å². The van der Waals surface area contributed by atoms with Gasteiger partial charge in [-0.25, -0.2) is 4.98 Å². The lowest BCUT2D eigenvalue weighted by atomic mass is 10.0. The molecule has 1 aromatic carbocycles. The topological polar surface area (TPSA) is 33.1 Å². The van der Waals surface area contributed by atoms with Crippen molar-refractivity contribution in [2.24, 2.45) is 5.92 Å². The van der Waals surface area contributed by atoms with Crippen LogP contribution in [0.5, 0.6) is 5.75 Å². The van der Waals surface area contributed by atoms with Gasteiger partial charge in [0.1, 0.15) is 11.3 Å². The molecule has 1 N–H and O–H groups in total. The number of pyridine rings is 1.